The zero-order valence-electron chi connectivity index (χ0n) is 11.1. The molecule has 0 unspecified atom stereocenters. The molecule has 4 nitrogen and oxygen atoms in total. The smallest absolute Gasteiger partial charge is 0.497 e. The van der Waals surface area contributed by atoms with Crippen LogP contribution in [0.25, 0.3) is 0 Å². The van der Waals surface area contributed by atoms with Gasteiger partial charge in [0.25, 0.3) is 0 Å². The second-order valence-electron chi connectivity index (χ2n) is 4.13. The van der Waals surface area contributed by atoms with E-state index < -0.39 is 6.36 Å². The maximum atomic E-state index is 12.0. The molecule has 1 heterocycles. The van der Waals surface area contributed by atoms with Gasteiger partial charge in [-0.1, -0.05) is 12.1 Å². The SMILES string of the molecule is COc1cccc(CNc2ccc(OC(F)(F)F)cn2)c1. The number of hydrogen-bond donors (Lipinski definition) is 1. The maximum Gasteiger partial charge on any atom is 0.573 e. The van der Waals surface area contributed by atoms with Crippen molar-refractivity contribution in [2.45, 2.75) is 12.9 Å². The lowest BCUT2D eigenvalue weighted by Crippen LogP contribution is -2.17. The van der Waals surface area contributed by atoms with Gasteiger partial charge in [0.2, 0.25) is 0 Å². The van der Waals surface area contributed by atoms with Gasteiger partial charge in [0.15, 0.2) is 0 Å². The van der Waals surface area contributed by atoms with Gasteiger partial charge in [-0.25, -0.2) is 4.98 Å². The van der Waals surface area contributed by atoms with E-state index in [-0.39, 0.29) is 5.75 Å². The van der Waals surface area contributed by atoms with Crippen molar-refractivity contribution >= 4 is 5.82 Å². The Kier molecular flexibility index (Phi) is 4.52. The number of halogens is 3. The summed E-state index contributed by atoms with van der Waals surface area (Å²) < 4.78 is 44.9. The molecule has 1 aromatic heterocycles. The molecule has 0 bridgehead atoms. The Bertz CT molecular complexity index is 586. The largest absolute Gasteiger partial charge is 0.573 e. The molecule has 1 aromatic carbocycles. The molecule has 0 saturated carbocycles. The van der Waals surface area contributed by atoms with Crippen LogP contribution in [0.4, 0.5) is 19.0 Å². The van der Waals surface area contributed by atoms with Crippen LogP contribution in [-0.2, 0) is 6.54 Å². The summed E-state index contributed by atoms with van der Waals surface area (Å²) in [6, 6.07) is 10.1. The van der Waals surface area contributed by atoms with Crippen molar-refractivity contribution in [1.82, 2.24) is 4.98 Å². The average molecular weight is 298 g/mol. The van der Waals surface area contributed by atoms with E-state index >= 15 is 0 Å². The fraction of sp³-hybridized carbons (Fsp3) is 0.214. The summed E-state index contributed by atoms with van der Waals surface area (Å²) in [5.41, 5.74) is 0.965. The first kappa shape index (κ1) is 15.0. The molecule has 0 amide bonds. The number of pyridine rings is 1. The summed E-state index contributed by atoms with van der Waals surface area (Å²) in [5.74, 6) is 0.831. The number of alkyl halides is 3. The fourth-order valence-electron chi connectivity index (χ4n) is 1.65. The first-order chi connectivity index (χ1) is 9.96. The van der Waals surface area contributed by atoms with Crippen molar-refractivity contribution in [3.8, 4) is 11.5 Å². The third-order valence-corrected chi connectivity index (χ3v) is 2.58. The predicted molar refractivity (Wildman–Crippen MR) is 71.2 cm³/mol. The van der Waals surface area contributed by atoms with E-state index in [1.165, 1.54) is 12.1 Å². The fourth-order valence-corrected chi connectivity index (χ4v) is 1.65. The van der Waals surface area contributed by atoms with E-state index in [0.717, 1.165) is 17.5 Å². The van der Waals surface area contributed by atoms with E-state index in [2.05, 4.69) is 15.0 Å². The summed E-state index contributed by atoms with van der Waals surface area (Å²) in [5, 5.41) is 3.00. The molecule has 1 N–H and O–H groups in total. The molecule has 21 heavy (non-hydrogen) atoms. The van der Waals surface area contributed by atoms with E-state index in [0.29, 0.717) is 12.4 Å². The molecule has 2 rings (SSSR count). The van der Waals surface area contributed by atoms with Gasteiger partial charge in [-0.05, 0) is 29.8 Å². The Hall–Kier alpha value is -2.44. The minimum Gasteiger partial charge on any atom is -0.497 e. The van der Waals surface area contributed by atoms with Gasteiger partial charge in [-0.3, -0.25) is 0 Å². The molecule has 0 aliphatic heterocycles. The van der Waals surface area contributed by atoms with Gasteiger partial charge < -0.3 is 14.8 Å². The lowest BCUT2D eigenvalue weighted by molar-refractivity contribution is -0.274. The third kappa shape index (κ3) is 4.87. The number of hydrogen-bond acceptors (Lipinski definition) is 4. The quantitative estimate of drug-likeness (QED) is 0.916. The maximum absolute atomic E-state index is 12.0. The molecule has 2 aromatic rings. The van der Waals surface area contributed by atoms with Gasteiger partial charge in [-0.15, -0.1) is 13.2 Å². The standard InChI is InChI=1S/C14H13F3N2O2/c1-20-11-4-2-3-10(7-11)8-18-13-6-5-12(9-19-13)21-14(15,16)17/h2-7,9H,8H2,1H3,(H,18,19). The number of ether oxygens (including phenoxy) is 2. The molecule has 7 heteroatoms. The summed E-state index contributed by atoms with van der Waals surface area (Å²) in [7, 11) is 1.58. The van der Waals surface area contributed by atoms with Gasteiger partial charge in [0, 0.05) is 6.54 Å². The summed E-state index contributed by atoms with van der Waals surface area (Å²) in [6.07, 6.45) is -3.70. The first-order valence-corrected chi connectivity index (χ1v) is 6.05. The topological polar surface area (TPSA) is 43.4 Å². The van der Waals surface area contributed by atoms with Crippen molar-refractivity contribution in [2.75, 3.05) is 12.4 Å². The minimum atomic E-state index is -4.71. The third-order valence-electron chi connectivity index (χ3n) is 2.58. The molecular weight excluding hydrogens is 285 g/mol. The molecule has 0 aliphatic carbocycles. The van der Waals surface area contributed by atoms with Crippen LogP contribution >= 0.6 is 0 Å². The molecule has 0 radical (unpaired) electrons. The van der Waals surface area contributed by atoms with Crippen LogP contribution in [-0.4, -0.2) is 18.5 Å². The second kappa shape index (κ2) is 6.34. The highest BCUT2D eigenvalue weighted by Crippen LogP contribution is 2.22. The number of aromatic nitrogens is 1. The Balaban J connectivity index is 1.94. The highest BCUT2D eigenvalue weighted by molar-refractivity contribution is 5.39. The second-order valence-corrected chi connectivity index (χ2v) is 4.13. The monoisotopic (exact) mass is 298 g/mol. The van der Waals surface area contributed by atoms with Crippen LogP contribution in [0.3, 0.4) is 0 Å². The number of anilines is 1. The molecule has 0 fully saturated rings. The zero-order chi connectivity index (χ0) is 15.3. The van der Waals surface area contributed by atoms with Crippen LogP contribution in [0, 0.1) is 0 Å². The molecule has 112 valence electrons. The van der Waals surface area contributed by atoms with E-state index in [9.17, 15) is 13.2 Å². The zero-order valence-corrected chi connectivity index (χ0v) is 11.1. The molecule has 0 aliphatic rings. The highest BCUT2D eigenvalue weighted by Gasteiger charge is 2.31. The lowest BCUT2D eigenvalue weighted by Gasteiger charge is -2.10. The van der Waals surface area contributed by atoms with Crippen LogP contribution < -0.4 is 14.8 Å². The van der Waals surface area contributed by atoms with Crippen molar-refractivity contribution in [2.24, 2.45) is 0 Å². The van der Waals surface area contributed by atoms with Gasteiger partial charge in [-0.2, -0.15) is 0 Å². The Morgan fingerprint density at radius 3 is 2.57 bits per heavy atom. The van der Waals surface area contributed by atoms with Gasteiger partial charge in [0.05, 0.1) is 13.3 Å². The van der Waals surface area contributed by atoms with Crippen molar-refractivity contribution < 1.29 is 22.6 Å². The molecule has 0 saturated heterocycles. The van der Waals surface area contributed by atoms with Crippen LogP contribution in [0.2, 0.25) is 0 Å². The van der Waals surface area contributed by atoms with Crippen molar-refractivity contribution in [3.63, 3.8) is 0 Å². The van der Waals surface area contributed by atoms with Crippen LogP contribution in [0.1, 0.15) is 5.56 Å². The first-order valence-electron chi connectivity index (χ1n) is 6.05. The minimum absolute atomic E-state index is 0.352. The number of nitrogens with zero attached hydrogens (tertiary/aromatic N) is 1. The average Bonchev–Trinajstić information content (AvgIpc) is 2.45. The van der Waals surface area contributed by atoms with Crippen molar-refractivity contribution in [1.29, 1.82) is 0 Å². The summed E-state index contributed by atoms with van der Waals surface area (Å²) in [6.45, 7) is 0.476. The van der Waals surface area contributed by atoms with Gasteiger partial charge >= 0.3 is 6.36 Å². The van der Waals surface area contributed by atoms with E-state index in [1.54, 1.807) is 7.11 Å². The summed E-state index contributed by atoms with van der Waals surface area (Å²) in [4.78, 5) is 3.85. The van der Waals surface area contributed by atoms with E-state index in [1.807, 2.05) is 24.3 Å². The Labute approximate surface area is 119 Å². The molecule has 0 spiro atoms. The number of rotatable bonds is 5. The van der Waals surface area contributed by atoms with Crippen LogP contribution in [0.5, 0.6) is 11.5 Å². The van der Waals surface area contributed by atoms with Crippen molar-refractivity contribution in [3.05, 3.63) is 48.2 Å². The van der Waals surface area contributed by atoms with Crippen LogP contribution in [0.15, 0.2) is 42.6 Å². The Morgan fingerprint density at radius 1 is 1.14 bits per heavy atom. The molecule has 0 atom stereocenters. The normalized spacial score (nSPS) is 11.0. The number of methoxy groups -OCH3 is 1. The molecular formula is C14H13F3N2O2. The number of nitrogens with one attached hydrogen (secondary N) is 1. The Morgan fingerprint density at radius 2 is 1.95 bits per heavy atom. The highest BCUT2D eigenvalue weighted by atomic mass is 19.4. The summed E-state index contributed by atoms with van der Waals surface area (Å²) >= 11 is 0. The van der Waals surface area contributed by atoms with Gasteiger partial charge in [0.1, 0.15) is 17.3 Å². The van der Waals surface area contributed by atoms with E-state index in [4.69, 9.17) is 4.74 Å². The lowest BCUT2D eigenvalue weighted by atomic mass is 10.2. The predicted octanol–water partition coefficient (Wildman–Crippen LogP) is 3.60. The number of benzene rings is 1.